The summed E-state index contributed by atoms with van der Waals surface area (Å²) in [5.74, 6) is 0.588. The number of aryl methyl sites for hydroxylation is 1. The lowest BCUT2D eigenvalue weighted by molar-refractivity contribution is -0.133. The summed E-state index contributed by atoms with van der Waals surface area (Å²) in [6, 6.07) is 14.8. The lowest BCUT2D eigenvalue weighted by Crippen LogP contribution is -2.36. The second kappa shape index (κ2) is 7.82. The number of amides is 1. The fraction of sp³-hybridized carbons (Fsp3) is 0.375. The van der Waals surface area contributed by atoms with Gasteiger partial charge in [-0.3, -0.25) is 14.2 Å². The van der Waals surface area contributed by atoms with Crippen LogP contribution in [-0.2, 0) is 4.79 Å². The second-order valence-corrected chi connectivity index (χ2v) is 8.88. The minimum Gasteiger partial charge on any atom is -0.336 e. The number of hydrogen-bond donors (Lipinski definition) is 0. The molecule has 0 aliphatic rings. The Morgan fingerprint density at radius 2 is 1.72 bits per heavy atom. The normalized spacial score (nSPS) is 12.8. The highest BCUT2D eigenvalue weighted by Gasteiger charge is 2.26. The number of nitrogens with zero attached hydrogens (tertiary/aromatic N) is 3. The van der Waals surface area contributed by atoms with Crippen molar-refractivity contribution < 1.29 is 4.79 Å². The fourth-order valence-corrected chi connectivity index (χ4v) is 3.34. The highest BCUT2D eigenvalue weighted by molar-refractivity contribution is 5.79. The van der Waals surface area contributed by atoms with Crippen LogP contribution in [0.15, 0.2) is 53.3 Å². The van der Waals surface area contributed by atoms with Crippen LogP contribution in [0.2, 0.25) is 0 Å². The number of aromatic nitrogens is 2. The minimum absolute atomic E-state index is 0.0304. The number of para-hydroxylation sites is 1. The zero-order valence-corrected chi connectivity index (χ0v) is 18.1. The quantitative estimate of drug-likeness (QED) is 0.650. The van der Waals surface area contributed by atoms with Crippen molar-refractivity contribution in [1.29, 1.82) is 0 Å². The molecule has 3 rings (SSSR count). The van der Waals surface area contributed by atoms with Gasteiger partial charge < -0.3 is 4.90 Å². The van der Waals surface area contributed by atoms with E-state index in [-0.39, 0.29) is 22.9 Å². The first-order valence-electron chi connectivity index (χ1n) is 9.93. The standard InChI is InChI=1S/C24H29N3O2/c1-16-11-13-18(14-12-16)27-22(17(2)26(6)21(28)15-24(3,4)5)25-20-10-8-7-9-19(20)23(27)29/h7-14,17H,15H2,1-6H3. The molecule has 0 spiro atoms. The van der Waals surface area contributed by atoms with Gasteiger partial charge in [0.2, 0.25) is 5.91 Å². The summed E-state index contributed by atoms with van der Waals surface area (Å²) in [5, 5.41) is 0.563. The van der Waals surface area contributed by atoms with E-state index in [1.807, 2.05) is 77.1 Å². The van der Waals surface area contributed by atoms with Crippen molar-refractivity contribution in [2.24, 2.45) is 5.41 Å². The summed E-state index contributed by atoms with van der Waals surface area (Å²) >= 11 is 0. The Kier molecular flexibility index (Phi) is 5.60. The maximum Gasteiger partial charge on any atom is 0.266 e. The first-order chi connectivity index (χ1) is 13.6. The number of carbonyl (C=O) groups is 1. The molecule has 2 aromatic carbocycles. The van der Waals surface area contributed by atoms with Gasteiger partial charge in [-0.2, -0.15) is 0 Å². The van der Waals surface area contributed by atoms with E-state index in [1.54, 1.807) is 22.6 Å². The van der Waals surface area contributed by atoms with E-state index in [9.17, 15) is 9.59 Å². The molecule has 0 N–H and O–H groups in total. The predicted molar refractivity (Wildman–Crippen MR) is 117 cm³/mol. The van der Waals surface area contributed by atoms with Crippen LogP contribution >= 0.6 is 0 Å². The van der Waals surface area contributed by atoms with Crippen LogP contribution in [0.1, 0.15) is 51.5 Å². The van der Waals surface area contributed by atoms with Crippen LogP contribution in [0.25, 0.3) is 16.6 Å². The maximum absolute atomic E-state index is 13.4. The van der Waals surface area contributed by atoms with Crippen molar-refractivity contribution in [1.82, 2.24) is 14.5 Å². The third-order valence-corrected chi connectivity index (χ3v) is 5.12. The smallest absolute Gasteiger partial charge is 0.266 e. The first-order valence-corrected chi connectivity index (χ1v) is 9.93. The molecule has 1 heterocycles. The van der Waals surface area contributed by atoms with E-state index >= 15 is 0 Å². The van der Waals surface area contributed by atoms with Crippen molar-refractivity contribution in [3.63, 3.8) is 0 Å². The molecule has 1 amide bonds. The van der Waals surface area contributed by atoms with Gasteiger partial charge in [-0.1, -0.05) is 50.6 Å². The number of carbonyl (C=O) groups excluding carboxylic acids is 1. The molecule has 0 bridgehead atoms. The summed E-state index contributed by atoms with van der Waals surface area (Å²) in [6.07, 6.45) is 0.427. The van der Waals surface area contributed by atoms with Crippen LogP contribution in [0.4, 0.5) is 0 Å². The van der Waals surface area contributed by atoms with E-state index in [1.165, 1.54) is 0 Å². The van der Waals surface area contributed by atoms with Crippen LogP contribution in [-0.4, -0.2) is 27.4 Å². The Morgan fingerprint density at radius 3 is 2.34 bits per heavy atom. The molecule has 0 saturated heterocycles. The number of fused-ring (bicyclic) bond motifs is 1. The Bertz CT molecular complexity index is 1090. The van der Waals surface area contributed by atoms with Crippen LogP contribution in [0.5, 0.6) is 0 Å². The lowest BCUT2D eigenvalue weighted by Gasteiger charge is -2.29. The fourth-order valence-electron chi connectivity index (χ4n) is 3.34. The van der Waals surface area contributed by atoms with E-state index < -0.39 is 0 Å². The first kappa shape index (κ1) is 20.8. The molecule has 1 unspecified atom stereocenters. The minimum atomic E-state index is -0.358. The summed E-state index contributed by atoms with van der Waals surface area (Å²) in [7, 11) is 1.78. The molecule has 5 heteroatoms. The molecule has 3 aromatic rings. The van der Waals surface area contributed by atoms with Gasteiger partial charge in [-0.05, 0) is 43.5 Å². The number of rotatable bonds is 4. The van der Waals surface area contributed by atoms with Crippen molar-refractivity contribution >= 4 is 16.8 Å². The molecule has 0 fully saturated rings. The van der Waals surface area contributed by atoms with Crippen LogP contribution in [0.3, 0.4) is 0 Å². The SMILES string of the molecule is Cc1ccc(-n2c(C(C)N(C)C(=O)CC(C)(C)C)nc3ccccc3c2=O)cc1. The molecule has 0 saturated carbocycles. The number of benzene rings is 2. The highest BCUT2D eigenvalue weighted by atomic mass is 16.2. The van der Waals surface area contributed by atoms with E-state index in [0.29, 0.717) is 23.1 Å². The van der Waals surface area contributed by atoms with Crippen molar-refractivity contribution in [2.75, 3.05) is 7.05 Å². The van der Waals surface area contributed by atoms with Gasteiger partial charge in [0, 0.05) is 13.5 Å². The summed E-state index contributed by atoms with van der Waals surface area (Å²) < 4.78 is 1.63. The Balaban J connectivity index is 2.17. The largest absolute Gasteiger partial charge is 0.336 e. The monoisotopic (exact) mass is 391 g/mol. The summed E-state index contributed by atoms with van der Waals surface area (Å²) in [6.45, 7) is 10.1. The average Bonchev–Trinajstić information content (AvgIpc) is 2.66. The van der Waals surface area contributed by atoms with Gasteiger partial charge in [0.15, 0.2) is 0 Å². The molecule has 1 aromatic heterocycles. The predicted octanol–water partition coefficient (Wildman–Crippen LogP) is 4.65. The topological polar surface area (TPSA) is 55.2 Å². The molecule has 0 aliphatic heterocycles. The van der Waals surface area contributed by atoms with Gasteiger partial charge in [0.25, 0.3) is 5.56 Å². The van der Waals surface area contributed by atoms with Gasteiger partial charge in [-0.15, -0.1) is 0 Å². The average molecular weight is 392 g/mol. The molecule has 0 aliphatic carbocycles. The zero-order valence-electron chi connectivity index (χ0n) is 18.1. The highest BCUT2D eigenvalue weighted by Crippen LogP contribution is 2.25. The Hall–Kier alpha value is -2.95. The molecule has 0 radical (unpaired) electrons. The van der Waals surface area contributed by atoms with Crippen LogP contribution < -0.4 is 5.56 Å². The van der Waals surface area contributed by atoms with Gasteiger partial charge in [-0.25, -0.2) is 4.98 Å². The molecule has 152 valence electrons. The summed E-state index contributed by atoms with van der Waals surface area (Å²) in [5.41, 5.74) is 2.26. The van der Waals surface area contributed by atoms with E-state index in [0.717, 1.165) is 11.3 Å². The third-order valence-electron chi connectivity index (χ3n) is 5.12. The Labute approximate surface area is 172 Å². The molecule has 29 heavy (non-hydrogen) atoms. The Morgan fingerprint density at radius 1 is 1.10 bits per heavy atom. The molecule has 1 atom stereocenters. The van der Waals surface area contributed by atoms with Crippen molar-refractivity contribution in [3.8, 4) is 5.69 Å². The maximum atomic E-state index is 13.4. The lowest BCUT2D eigenvalue weighted by atomic mass is 9.91. The number of hydrogen-bond acceptors (Lipinski definition) is 3. The van der Waals surface area contributed by atoms with Crippen molar-refractivity contribution in [3.05, 3.63) is 70.3 Å². The van der Waals surface area contributed by atoms with Crippen molar-refractivity contribution in [2.45, 2.75) is 47.1 Å². The zero-order chi connectivity index (χ0) is 21.3. The van der Waals surface area contributed by atoms with E-state index in [4.69, 9.17) is 4.98 Å². The van der Waals surface area contributed by atoms with E-state index in [2.05, 4.69) is 0 Å². The molecule has 5 nitrogen and oxygen atoms in total. The molecular formula is C24H29N3O2. The molecular weight excluding hydrogens is 362 g/mol. The van der Waals surface area contributed by atoms with Gasteiger partial charge >= 0.3 is 0 Å². The van der Waals surface area contributed by atoms with Gasteiger partial charge in [0.1, 0.15) is 5.82 Å². The second-order valence-electron chi connectivity index (χ2n) is 8.88. The summed E-state index contributed by atoms with van der Waals surface area (Å²) in [4.78, 5) is 32.7. The third kappa shape index (κ3) is 4.39. The van der Waals surface area contributed by atoms with Gasteiger partial charge in [0.05, 0.1) is 22.6 Å². The van der Waals surface area contributed by atoms with Crippen LogP contribution in [0, 0.1) is 12.3 Å².